The normalized spacial score (nSPS) is 24.0. The zero-order valence-electron chi connectivity index (χ0n) is 33.7. The van der Waals surface area contributed by atoms with E-state index < -0.39 is 0 Å². The molecule has 2 heterocycles. The SMILES string of the molecule is CCCCC/C=C\C/C=C\CCCCCCCCC1(CCCCCCCC/C=C\C/C=C\CCCCC)CCC2(C1)OC1CN(C)CC[C@@H]1O2. The van der Waals surface area contributed by atoms with Gasteiger partial charge in [0.25, 0.3) is 0 Å². The van der Waals surface area contributed by atoms with Gasteiger partial charge >= 0.3 is 0 Å². The van der Waals surface area contributed by atoms with Gasteiger partial charge in [0.1, 0.15) is 0 Å². The minimum atomic E-state index is -0.281. The van der Waals surface area contributed by atoms with E-state index in [2.05, 4.69) is 74.4 Å². The lowest BCUT2D eigenvalue weighted by molar-refractivity contribution is -0.174. The smallest absolute Gasteiger partial charge is 0.169 e. The second-order valence-corrected chi connectivity index (χ2v) is 16.6. The van der Waals surface area contributed by atoms with Gasteiger partial charge in [0.2, 0.25) is 0 Å². The quantitative estimate of drug-likeness (QED) is 0.0552. The van der Waals surface area contributed by atoms with Crippen molar-refractivity contribution in [3.63, 3.8) is 0 Å². The van der Waals surface area contributed by atoms with Crippen molar-refractivity contribution >= 4 is 0 Å². The van der Waals surface area contributed by atoms with Crippen LogP contribution in [0.4, 0.5) is 0 Å². The number of hydrogen-bond donors (Lipinski definition) is 0. The van der Waals surface area contributed by atoms with Gasteiger partial charge in [-0.2, -0.15) is 0 Å². The number of allylic oxidation sites excluding steroid dienone is 8. The van der Waals surface area contributed by atoms with E-state index in [-0.39, 0.29) is 11.9 Å². The average Bonchev–Trinajstić information content (AvgIpc) is 3.65. The van der Waals surface area contributed by atoms with Crippen LogP contribution in [0.1, 0.15) is 206 Å². The Morgan fingerprint density at radius 2 is 0.960 bits per heavy atom. The topological polar surface area (TPSA) is 21.7 Å². The highest BCUT2D eigenvalue weighted by Gasteiger charge is 2.56. The Morgan fingerprint density at radius 1 is 0.520 bits per heavy atom. The monoisotopic (exact) mass is 694 g/mol. The van der Waals surface area contributed by atoms with E-state index in [4.69, 9.17) is 9.47 Å². The maximum Gasteiger partial charge on any atom is 0.169 e. The van der Waals surface area contributed by atoms with Gasteiger partial charge in [-0.05, 0) is 102 Å². The summed E-state index contributed by atoms with van der Waals surface area (Å²) in [5.74, 6) is -0.281. The second-order valence-electron chi connectivity index (χ2n) is 16.6. The summed E-state index contributed by atoms with van der Waals surface area (Å²) in [6.45, 7) is 6.74. The molecule has 0 aromatic rings. The van der Waals surface area contributed by atoms with Crippen LogP contribution in [0.3, 0.4) is 0 Å². The first kappa shape index (κ1) is 43.2. The lowest BCUT2D eigenvalue weighted by Crippen LogP contribution is -2.43. The van der Waals surface area contributed by atoms with E-state index in [1.807, 2.05) is 0 Å². The number of likely N-dealkylation sites (N-methyl/N-ethyl adjacent to an activating group) is 1. The summed E-state index contributed by atoms with van der Waals surface area (Å²) in [4.78, 5) is 2.43. The minimum Gasteiger partial charge on any atom is -0.344 e. The van der Waals surface area contributed by atoms with Crippen LogP contribution >= 0.6 is 0 Å². The highest BCUT2D eigenvalue weighted by Crippen LogP contribution is 2.56. The molecule has 0 N–H and O–H groups in total. The maximum atomic E-state index is 6.82. The molecule has 3 aliphatic rings. The molecule has 3 heteroatoms. The molecule has 1 spiro atoms. The number of unbranched alkanes of at least 4 members (excludes halogenated alkanes) is 18. The number of fused-ring (bicyclic) bond motifs is 1. The fourth-order valence-electron chi connectivity index (χ4n) is 8.81. The van der Waals surface area contributed by atoms with Crippen molar-refractivity contribution in [2.45, 2.75) is 224 Å². The van der Waals surface area contributed by atoms with Gasteiger partial charge in [0.15, 0.2) is 5.79 Å². The van der Waals surface area contributed by atoms with Gasteiger partial charge in [-0.25, -0.2) is 0 Å². The first-order valence-corrected chi connectivity index (χ1v) is 22.2. The number of rotatable bonds is 30. The molecule has 2 unspecified atom stereocenters. The van der Waals surface area contributed by atoms with Gasteiger partial charge < -0.3 is 14.4 Å². The third-order valence-electron chi connectivity index (χ3n) is 11.9. The van der Waals surface area contributed by atoms with Gasteiger partial charge in [0.05, 0.1) is 12.2 Å². The van der Waals surface area contributed by atoms with E-state index in [0.717, 1.165) is 45.2 Å². The fourth-order valence-corrected chi connectivity index (χ4v) is 8.81. The number of ether oxygens (including phenoxy) is 2. The van der Waals surface area contributed by atoms with Crippen molar-refractivity contribution < 1.29 is 9.47 Å². The first-order valence-electron chi connectivity index (χ1n) is 22.2. The minimum absolute atomic E-state index is 0.281. The molecule has 0 radical (unpaired) electrons. The van der Waals surface area contributed by atoms with Crippen molar-refractivity contribution in [1.82, 2.24) is 4.90 Å². The highest BCUT2D eigenvalue weighted by atomic mass is 16.8. The molecule has 3 atom stereocenters. The molecule has 0 amide bonds. The molecule has 3 rings (SSSR count). The van der Waals surface area contributed by atoms with Gasteiger partial charge in [0, 0.05) is 25.9 Å². The first-order chi connectivity index (χ1) is 24.6. The van der Waals surface area contributed by atoms with Crippen molar-refractivity contribution in [1.29, 1.82) is 0 Å². The summed E-state index contributed by atoms with van der Waals surface area (Å²) in [6, 6.07) is 0. The lowest BCUT2D eigenvalue weighted by atomic mass is 9.76. The molecule has 3 fully saturated rings. The van der Waals surface area contributed by atoms with Crippen LogP contribution in [0.15, 0.2) is 48.6 Å². The van der Waals surface area contributed by atoms with Crippen LogP contribution in [0.25, 0.3) is 0 Å². The largest absolute Gasteiger partial charge is 0.344 e. The van der Waals surface area contributed by atoms with Crippen LogP contribution < -0.4 is 0 Å². The number of nitrogens with zero attached hydrogens (tertiary/aromatic N) is 1. The molecule has 2 saturated heterocycles. The van der Waals surface area contributed by atoms with Crippen molar-refractivity contribution in [2.75, 3.05) is 20.1 Å². The summed E-state index contributed by atoms with van der Waals surface area (Å²) >= 11 is 0. The molecule has 0 aromatic heterocycles. The van der Waals surface area contributed by atoms with Crippen molar-refractivity contribution in [3.8, 4) is 0 Å². The molecule has 288 valence electrons. The van der Waals surface area contributed by atoms with Crippen LogP contribution in [0.5, 0.6) is 0 Å². The molecule has 3 nitrogen and oxygen atoms in total. The fraction of sp³-hybridized carbons (Fsp3) is 0.830. The predicted molar refractivity (Wildman–Crippen MR) is 219 cm³/mol. The number of hydrogen-bond acceptors (Lipinski definition) is 3. The third-order valence-corrected chi connectivity index (χ3v) is 11.9. The molecular weight excluding hydrogens is 611 g/mol. The zero-order chi connectivity index (χ0) is 35.4. The van der Waals surface area contributed by atoms with Crippen LogP contribution in [-0.4, -0.2) is 43.0 Å². The Balaban J connectivity index is 1.28. The standard InChI is InChI=1S/C47H83NO2/c1-4-6-8-10-12-14-16-18-20-22-24-26-28-30-32-34-37-46(39-40-47(43-46)49-44-36-41-48(3)42-45(44)50-47)38-35-33-31-29-27-25-23-21-19-17-15-13-11-9-7-5-2/h12-15,18-21,44-45H,4-11,16-17,22-43H2,1-3H3/b14-12-,15-13-,20-18-,21-19-/t44-,45?,47?/m0/s1. The van der Waals surface area contributed by atoms with Gasteiger partial charge in [-0.1, -0.05) is 152 Å². The molecule has 2 aliphatic heterocycles. The maximum absolute atomic E-state index is 6.82. The summed E-state index contributed by atoms with van der Waals surface area (Å²) in [7, 11) is 2.24. The number of piperidine rings is 1. The molecule has 0 aromatic carbocycles. The van der Waals surface area contributed by atoms with Crippen molar-refractivity contribution in [2.24, 2.45) is 5.41 Å². The highest BCUT2D eigenvalue weighted by molar-refractivity contribution is 5.01. The van der Waals surface area contributed by atoms with Gasteiger partial charge in [-0.15, -0.1) is 0 Å². The van der Waals surface area contributed by atoms with E-state index in [1.54, 1.807) is 0 Å². The molecule has 1 saturated carbocycles. The summed E-state index contributed by atoms with van der Waals surface area (Å²) in [5, 5.41) is 0. The van der Waals surface area contributed by atoms with E-state index in [9.17, 15) is 0 Å². The van der Waals surface area contributed by atoms with Crippen LogP contribution in [0.2, 0.25) is 0 Å². The van der Waals surface area contributed by atoms with Crippen molar-refractivity contribution in [3.05, 3.63) is 48.6 Å². The molecule has 1 aliphatic carbocycles. The molecule has 0 bridgehead atoms. The van der Waals surface area contributed by atoms with Crippen LogP contribution in [0, 0.1) is 5.41 Å². The zero-order valence-corrected chi connectivity index (χ0v) is 33.7. The van der Waals surface area contributed by atoms with E-state index in [0.29, 0.717) is 11.5 Å². The van der Waals surface area contributed by atoms with Gasteiger partial charge in [-0.3, -0.25) is 0 Å². The second kappa shape index (κ2) is 27.4. The van der Waals surface area contributed by atoms with E-state index in [1.165, 1.54) is 161 Å². The Morgan fingerprint density at radius 3 is 1.46 bits per heavy atom. The van der Waals surface area contributed by atoms with E-state index >= 15 is 0 Å². The predicted octanol–water partition coefficient (Wildman–Crippen LogP) is 14.4. The summed E-state index contributed by atoms with van der Waals surface area (Å²) in [5.41, 5.74) is 0.434. The third kappa shape index (κ3) is 18.6. The Hall–Kier alpha value is -1.16. The summed E-state index contributed by atoms with van der Waals surface area (Å²) < 4.78 is 13.6. The average molecular weight is 694 g/mol. The summed E-state index contributed by atoms with van der Waals surface area (Å²) in [6.07, 6.45) is 59.0. The molecular formula is C47H83NO2. The lowest BCUT2D eigenvalue weighted by Gasteiger charge is -2.32. The number of likely N-dealkylation sites (tertiary alicyclic amines) is 1. The Kier molecular flexibility index (Phi) is 23.7. The Bertz CT molecular complexity index is 887. The molecule has 50 heavy (non-hydrogen) atoms. The Labute approximate surface area is 312 Å². The van der Waals surface area contributed by atoms with Crippen LogP contribution in [-0.2, 0) is 9.47 Å².